The fraction of sp³-hybridized carbons (Fsp3) is 0.231. The van der Waals surface area contributed by atoms with Crippen LogP contribution in [0, 0.1) is 0 Å². The molecule has 2 aliphatic rings. The van der Waals surface area contributed by atoms with Gasteiger partial charge in [-0.3, -0.25) is 13.9 Å². The number of nitrogens with one attached hydrogen (secondary N) is 1. The van der Waals surface area contributed by atoms with Crippen LogP contribution in [0.15, 0.2) is 60.7 Å². The smallest absolute Gasteiger partial charge is 0.258 e. The Kier molecular flexibility index (Phi) is 5.72. The molecule has 0 bridgehead atoms. The molecule has 180 valence electrons. The quantitative estimate of drug-likeness (QED) is 0.590. The van der Waals surface area contributed by atoms with Crippen molar-refractivity contribution < 1.29 is 22.7 Å². The van der Waals surface area contributed by atoms with Crippen molar-refractivity contribution in [3.63, 3.8) is 0 Å². The van der Waals surface area contributed by atoms with Gasteiger partial charge in [0.25, 0.3) is 11.8 Å². The second-order valence-electron chi connectivity index (χ2n) is 8.66. The number of ether oxygens (including phenoxy) is 1. The third kappa shape index (κ3) is 4.35. The molecular formula is C26H25N3O5S. The normalized spacial score (nSPS) is 14.5. The van der Waals surface area contributed by atoms with E-state index in [4.69, 9.17) is 4.74 Å². The van der Waals surface area contributed by atoms with Crippen molar-refractivity contribution in [1.82, 2.24) is 0 Å². The summed E-state index contributed by atoms with van der Waals surface area (Å²) in [6.45, 7) is 0.946. The summed E-state index contributed by atoms with van der Waals surface area (Å²) >= 11 is 0. The molecule has 0 fully saturated rings. The first-order valence-corrected chi connectivity index (χ1v) is 13.1. The molecule has 8 nitrogen and oxygen atoms in total. The standard InChI is InChI=1S/C26H25N3O5S/c1-34-22-8-4-18(5-9-22)26(31)28-13-11-17-3-7-21(16-24(17)28)27-25(30)20-6-10-23-19(15-20)12-14-29(23)35(2,32)33/h3-10,15-16H,11-14H2,1-2H3,(H,27,30). The van der Waals surface area contributed by atoms with E-state index in [1.54, 1.807) is 54.5 Å². The van der Waals surface area contributed by atoms with Crippen molar-refractivity contribution in [2.24, 2.45) is 0 Å². The van der Waals surface area contributed by atoms with Crippen LogP contribution in [0.3, 0.4) is 0 Å². The molecule has 35 heavy (non-hydrogen) atoms. The molecule has 1 N–H and O–H groups in total. The molecule has 3 aromatic rings. The minimum absolute atomic E-state index is 0.107. The van der Waals surface area contributed by atoms with Gasteiger partial charge in [0.2, 0.25) is 10.0 Å². The average Bonchev–Trinajstić information content (AvgIpc) is 3.47. The zero-order valence-corrected chi connectivity index (χ0v) is 20.3. The zero-order chi connectivity index (χ0) is 24.7. The van der Waals surface area contributed by atoms with Crippen LogP contribution in [0.25, 0.3) is 0 Å². The van der Waals surface area contributed by atoms with Crippen LogP contribution in [0.4, 0.5) is 17.1 Å². The van der Waals surface area contributed by atoms with E-state index in [2.05, 4.69) is 5.32 Å². The maximum atomic E-state index is 13.1. The van der Waals surface area contributed by atoms with Gasteiger partial charge < -0.3 is 15.0 Å². The number of carbonyl (C=O) groups excluding carboxylic acids is 2. The molecule has 2 heterocycles. The van der Waals surface area contributed by atoms with Crippen molar-refractivity contribution in [2.75, 3.05) is 41.0 Å². The monoisotopic (exact) mass is 491 g/mol. The Morgan fingerprint density at radius 3 is 2.29 bits per heavy atom. The van der Waals surface area contributed by atoms with E-state index in [1.807, 2.05) is 18.2 Å². The van der Waals surface area contributed by atoms with Crippen LogP contribution in [-0.4, -0.2) is 46.7 Å². The predicted molar refractivity (Wildman–Crippen MR) is 135 cm³/mol. The van der Waals surface area contributed by atoms with Crippen molar-refractivity contribution >= 4 is 38.9 Å². The number of nitrogens with zero attached hydrogens (tertiary/aromatic N) is 2. The predicted octanol–water partition coefficient (Wildman–Crippen LogP) is 3.47. The lowest BCUT2D eigenvalue weighted by Gasteiger charge is -2.19. The summed E-state index contributed by atoms with van der Waals surface area (Å²) in [5, 5.41) is 2.91. The van der Waals surface area contributed by atoms with Gasteiger partial charge >= 0.3 is 0 Å². The fourth-order valence-electron chi connectivity index (χ4n) is 4.62. The first kappa shape index (κ1) is 22.9. The molecule has 0 atom stereocenters. The van der Waals surface area contributed by atoms with Gasteiger partial charge in [-0.1, -0.05) is 6.07 Å². The lowest BCUT2D eigenvalue weighted by molar-refractivity contribution is 0.0988. The highest BCUT2D eigenvalue weighted by Gasteiger charge is 2.28. The molecule has 0 saturated heterocycles. The summed E-state index contributed by atoms with van der Waals surface area (Å²) in [4.78, 5) is 27.8. The topological polar surface area (TPSA) is 96.0 Å². The highest BCUT2D eigenvalue weighted by molar-refractivity contribution is 7.92. The van der Waals surface area contributed by atoms with Crippen LogP contribution in [-0.2, 0) is 22.9 Å². The molecule has 9 heteroatoms. The largest absolute Gasteiger partial charge is 0.497 e. The summed E-state index contributed by atoms with van der Waals surface area (Å²) in [6, 6.07) is 17.6. The first-order chi connectivity index (χ1) is 16.7. The van der Waals surface area contributed by atoms with Crippen LogP contribution in [0.5, 0.6) is 5.75 Å². The summed E-state index contributed by atoms with van der Waals surface area (Å²) in [7, 11) is -1.77. The van der Waals surface area contributed by atoms with Gasteiger partial charge in [0.1, 0.15) is 5.75 Å². The molecule has 2 aliphatic heterocycles. The van der Waals surface area contributed by atoms with Gasteiger partial charge in [-0.2, -0.15) is 0 Å². The molecule has 0 unspecified atom stereocenters. The lowest BCUT2D eigenvalue weighted by Crippen LogP contribution is -2.28. The lowest BCUT2D eigenvalue weighted by atomic mass is 10.1. The molecule has 0 aromatic heterocycles. The van der Waals surface area contributed by atoms with E-state index in [9.17, 15) is 18.0 Å². The number of hydrogen-bond donors (Lipinski definition) is 1. The van der Waals surface area contributed by atoms with Crippen LogP contribution in [0.2, 0.25) is 0 Å². The van der Waals surface area contributed by atoms with E-state index < -0.39 is 10.0 Å². The van der Waals surface area contributed by atoms with E-state index in [1.165, 1.54) is 10.6 Å². The fourth-order valence-corrected chi connectivity index (χ4v) is 5.58. The number of carbonyl (C=O) groups is 2. The summed E-state index contributed by atoms with van der Waals surface area (Å²) in [5.74, 6) is 0.282. The number of methoxy groups -OCH3 is 1. The third-order valence-corrected chi connectivity index (χ3v) is 7.60. The van der Waals surface area contributed by atoms with Gasteiger partial charge in [-0.15, -0.1) is 0 Å². The second-order valence-corrected chi connectivity index (χ2v) is 10.6. The van der Waals surface area contributed by atoms with Crippen molar-refractivity contribution in [3.05, 3.63) is 82.9 Å². The van der Waals surface area contributed by atoms with E-state index in [0.29, 0.717) is 47.8 Å². The molecule has 5 rings (SSSR count). The van der Waals surface area contributed by atoms with Gasteiger partial charge in [0, 0.05) is 35.6 Å². The number of rotatable bonds is 5. The number of amides is 2. The van der Waals surface area contributed by atoms with Gasteiger partial charge in [-0.05, 0) is 78.6 Å². The van der Waals surface area contributed by atoms with E-state index >= 15 is 0 Å². The number of fused-ring (bicyclic) bond motifs is 2. The number of sulfonamides is 1. The molecule has 2 amide bonds. The average molecular weight is 492 g/mol. The Hall–Kier alpha value is -3.85. The molecule has 0 saturated carbocycles. The van der Waals surface area contributed by atoms with E-state index in [-0.39, 0.29) is 11.8 Å². The first-order valence-electron chi connectivity index (χ1n) is 11.3. The highest BCUT2D eigenvalue weighted by atomic mass is 32.2. The van der Waals surface area contributed by atoms with Gasteiger partial charge in [0.15, 0.2) is 0 Å². The maximum Gasteiger partial charge on any atom is 0.258 e. The van der Waals surface area contributed by atoms with E-state index in [0.717, 1.165) is 23.2 Å². The Morgan fingerprint density at radius 2 is 1.57 bits per heavy atom. The Morgan fingerprint density at radius 1 is 0.857 bits per heavy atom. The highest BCUT2D eigenvalue weighted by Crippen LogP contribution is 2.33. The second kappa shape index (κ2) is 8.74. The summed E-state index contributed by atoms with van der Waals surface area (Å²) in [5.41, 5.74) is 4.87. The van der Waals surface area contributed by atoms with Crippen molar-refractivity contribution in [3.8, 4) is 5.75 Å². The van der Waals surface area contributed by atoms with Crippen LogP contribution in [0.1, 0.15) is 31.8 Å². The Labute approximate surface area is 204 Å². The summed E-state index contributed by atoms with van der Waals surface area (Å²) in [6.07, 6.45) is 2.48. The SMILES string of the molecule is COc1ccc(C(=O)N2CCc3ccc(NC(=O)c4ccc5c(c4)CCN5S(C)(=O)=O)cc32)cc1. The Balaban J connectivity index is 1.34. The Bertz CT molecular complexity index is 1430. The minimum Gasteiger partial charge on any atom is -0.497 e. The number of hydrogen-bond acceptors (Lipinski definition) is 5. The molecule has 0 spiro atoms. The molecule has 0 aliphatic carbocycles. The maximum absolute atomic E-state index is 13.1. The number of anilines is 3. The van der Waals surface area contributed by atoms with Crippen molar-refractivity contribution in [2.45, 2.75) is 12.8 Å². The molecule has 0 radical (unpaired) electrons. The van der Waals surface area contributed by atoms with Crippen LogP contribution < -0.4 is 19.3 Å². The van der Waals surface area contributed by atoms with Crippen LogP contribution >= 0.6 is 0 Å². The molecule has 3 aromatic carbocycles. The zero-order valence-electron chi connectivity index (χ0n) is 19.4. The summed E-state index contributed by atoms with van der Waals surface area (Å²) < 4.78 is 30.4. The van der Waals surface area contributed by atoms with Gasteiger partial charge in [-0.25, -0.2) is 8.42 Å². The minimum atomic E-state index is -3.35. The third-order valence-electron chi connectivity index (χ3n) is 6.42. The number of benzene rings is 3. The molecular weight excluding hydrogens is 466 g/mol. The van der Waals surface area contributed by atoms with Gasteiger partial charge in [0.05, 0.1) is 19.1 Å². The van der Waals surface area contributed by atoms with Crippen molar-refractivity contribution in [1.29, 1.82) is 0 Å².